The third-order valence-corrected chi connectivity index (χ3v) is 2.63. The molecule has 0 heterocycles. The molecule has 17 heavy (non-hydrogen) atoms. The Morgan fingerprint density at radius 2 is 2.06 bits per heavy atom. The van der Waals surface area contributed by atoms with Crippen LogP contribution in [-0.4, -0.2) is 17.7 Å². The van der Waals surface area contributed by atoms with E-state index in [-0.39, 0.29) is 22.0 Å². The maximum atomic E-state index is 11.5. The SMILES string of the molecule is C#C[C@@H]1CCC[C@H](NC(=O)OC(C)(C)C)C1.P. The summed E-state index contributed by atoms with van der Waals surface area (Å²) in [5, 5.41) is 2.88. The predicted octanol–water partition coefficient (Wildman–Crippen LogP) is 2.76. The van der Waals surface area contributed by atoms with Gasteiger partial charge < -0.3 is 10.1 Å². The number of rotatable bonds is 1. The number of ether oxygens (including phenoxy) is 1. The van der Waals surface area contributed by atoms with E-state index < -0.39 is 5.60 Å². The van der Waals surface area contributed by atoms with Gasteiger partial charge in [0.15, 0.2) is 0 Å². The van der Waals surface area contributed by atoms with Gasteiger partial charge in [0.2, 0.25) is 0 Å². The van der Waals surface area contributed by atoms with Gasteiger partial charge in [-0.15, -0.1) is 12.3 Å². The number of hydrogen-bond acceptors (Lipinski definition) is 2. The summed E-state index contributed by atoms with van der Waals surface area (Å²) in [6.07, 6.45) is 9.09. The molecular weight excluding hydrogens is 233 g/mol. The monoisotopic (exact) mass is 257 g/mol. The summed E-state index contributed by atoms with van der Waals surface area (Å²) < 4.78 is 5.21. The van der Waals surface area contributed by atoms with Crippen molar-refractivity contribution in [3.63, 3.8) is 0 Å². The van der Waals surface area contributed by atoms with Crippen LogP contribution in [0, 0.1) is 18.3 Å². The first-order valence-corrected chi connectivity index (χ1v) is 5.86. The van der Waals surface area contributed by atoms with E-state index in [4.69, 9.17) is 11.2 Å². The molecule has 1 rings (SSSR count). The van der Waals surface area contributed by atoms with E-state index in [1.165, 1.54) is 0 Å². The van der Waals surface area contributed by atoms with Crippen LogP contribution in [0.25, 0.3) is 0 Å². The second kappa shape index (κ2) is 6.87. The summed E-state index contributed by atoms with van der Waals surface area (Å²) >= 11 is 0. The third kappa shape index (κ3) is 6.54. The van der Waals surface area contributed by atoms with Crippen LogP contribution in [0.3, 0.4) is 0 Å². The number of carbonyl (C=O) groups excluding carboxylic acids is 1. The molecule has 0 aromatic rings. The van der Waals surface area contributed by atoms with Crippen molar-refractivity contribution < 1.29 is 9.53 Å². The Hall–Kier alpha value is -0.740. The lowest BCUT2D eigenvalue weighted by Crippen LogP contribution is -2.41. The fourth-order valence-corrected chi connectivity index (χ4v) is 1.95. The van der Waals surface area contributed by atoms with Gasteiger partial charge in [-0.3, -0.25) is 0 Å². The van der Waals surface area contributed by atoms with Crippen molar-refractivity contribution in [2.45, 2.75) is 58.1 Å². The van der Waals surface area contributed by atoms with Crippen LogP contribution in [0.4, 0.5) is 4.79 Å². The van der Waals surface area contributed by atoms with Gasteiger partial charge in [0.1, 0.15) is 5.60 Å². The molecule has 1 aliphatic rings. The molecule has 0 aromatic carbocycles. The highest BCUT2D eigenvalue weighted by Crippen LogP contribution is 2.23. The highest BCUT2D eigenvalue weighted by molar-refractivity contribution is 6.92. The standard InChI is InChI=1S/C13H21NO2.H3P/c1-5-10-7-6-8-11(9-10)14-12(15)16-13(2,3)4;/h1,10-11H,6-9H2,2-4H3,(H,14,15);1H3/t10-,11+;/m1./s1. The minimum absolute atomic E-state index is 0. The smallest absolute Gasteiger partial charge is 0.407 e. The molecule has 0 saturated heterocycles. The molecule has 1 amide bonds. The van der Waals surface area contributed by atoms with Gasteiger partial charge >= 0.3 is 6.09 Å². The first-order chi connectivity index (χ1) is 7.40. The number of amides is 1. The number of hydrogen-bond donors (Lipinski definition) is 1. The highest BCUT2D eigenvalue weighted by atomic mass is 31.0. The van der Waals surface area contributed by atoms with Gasteiger partial charge in [-0.1, -0.05) is 6.42 Å². The number of nitrogens with one attached hydrogen (secondary N) is 1. The molecule has 1 fully saturated rings. The zero-order chi connectivity index (χ0) is 12.2. The summed E-state index contributed by atoms with van der Waals surface area (Å²) in [6, 6.07) is 0.171. The van der Waals surface area contributed by atoms with E-state index in [2.05, 4.69) is 11.2 Å². The first kappa shape index (κ1) is 16.3. The van der Waals surface area contributed by atoms with Crippen molar-refractivity contribution in [3.05, 3.63) is 0 Å². The molecule has 1 N–H and O–H groups in total. The normalized spacial score (nSPS) is 24.1. The zero-order valence-corrected chi connectivity index (χ0v) is 12.5. The van der Waals surface area contributed by atoms with Crippen molar-refractivity contribution in [2.24, 2.45) is 5.92 Å². The summed E-state index contributed by atoms with van der Waals surface area (Å²) in [5.74, 6) is 3.06. The predicted molar refractivity (Wildman–Crippen MR) is 75.1 cm³/mol. The van der Waals surface area contributed by atoms with Crippen molar-refractivity contribution >= 4 is 16.0 Å². The molecule has 0 radical (unpaired) electrons. The molecule has 3 atom stereocenters. The van der Waals surface area contributed by atoms with E-state index in [1.807, 2.05) is 20.8 Å². The van der Waals surface area contributed by atoms with E-state index in [0.717, 1.165) is 25.7 Å². The van der Waals surface area contributed by atoms with Crippen LogP contribution in [0.2, 0.25) is 0 Å². The Morgan fingerprint density at radius 3 is 2.59 bits per heavy atom. The first-order valence-electron chi connectivity index (χ1n) is 5.86. The largest absolute Gasteiger partial charge is 0.444 e. The van der Waals surface area contributed by atoms with Crippen molar-refractivity contribution in [1.82, 2.24) is 5.32 Å². The Kier molecular flexibility index (Phi) is 6.57. The lowest BCUT2D eigenvalue weighted by molar-refractivity contribution is 0.0489. The van der Waals surface area contributed by atoms with E-state index >= 15 is 0 Å². The fraction of sp³-hybridized carbons (Fsp3) is 0.769. The van der Waals surface area contributed by atoms with Crippen molar-refractivity contribution in [3.8, 4) is 12.3 Å². The van der Waals surface area contributed by atoms with Crippen LogP contribution in [-0.2, 0) is 4.74 Å². The van der Waals surface area contributed by atoms with Gasteiger partial charge in [-0.05, 0) is 40.0 Å². The molecule has 1 unspecified atom stereocenters. The molecule has 4 heteroatoms. The molecule has 98 valence electrons. The fourth-order valence-electron chi connectivity index (χ4n) is 1.95. The summed E-state index contributed by atoms with van der Waals surface area (Å²) in [6.45, 7) is 5.58. The van der Waals surface area contributed by atoms with Gasteiger partial charge in [-0.2, -0.15) is 9.90 Å². The Morgan fingerprint density at radius 1 is 1.41 bits per heavy atom. The molecule has 1 aliphatic carbocycles. The Bertz CT molecular complexity index is 291. The lowest BCUT2D eigenvalue weighted by Gasteiger charge is -2.28. The quantitative estimate of drug-likeness (QED) is 0.579. The second-order valence-electron chi connectivity index (χ2n) is 5.37. The maximum absolute atomic E-state index is 11.5. The van der Waals surface area contributed by atoms with Gasteiger partial charge in [0.25, 0.3) is 0 Å². The molecule has 0 aromatic heterocycles. The van der Waals surface area contributed by atoms with Crippen LogP contribution in [0.15, 0.2) is 0 Å². The van der Waals surface area contributed by atoms with E-state index in [1.54, 1.807) is 0 Å². The minimum Gasteiger partial charge on any atom is -0.444 e. The van der Waals surface area contributed by atoms with Gasteiger partial charge in [0.05, 0.1) is 0 Å². The lowest BCUT2D eigenvalue weighted by atomic mass is 9.86. The summed E-state index contributed by atoms with van der Waals surface area (Å²) in [4.78, 5) is 11.5. The number of alkyl carbamates (subject to hydrolysis) is 1. The second-order valence-corrected chi connectivity index (χ2v) is 5.37. The zero-order valence-electron chi connectivity index (χ0n) is 11.1. The Labute approximate surface area is 108 Å². The number of terminal acetylenes is 1. The third-order valence-electron chi connectivity index (χ3n) is 2.63. The van der Waals surface area contributed by atoms with Gasteiger partial charge in [-0.25, -0.2) is 4.79 Å². The molecular formula is C13H24NO2P. The minimum atomic E-state index is -0.440. The van der Waals surface area contributed by atoms with Crippen LogP contribution in [0.5, 0.6) is 0 Å². The molecule has 3 nitrogen and oxygen atoms in total. The van der Waals surface area contributed by atoms with Crippen LogP contribution >= 0.6 is 9.90 Å². The van der Waals surface area contributed by atoms with Gasteiger partial charge in [0, 0.05) is 12.0 Å². The summed E-state index contributed by atoms with van der Waals surface area (Å²) in [5.41, 5.74) is -0.440. The Balaban J connectivity index is 0.00000256. The van der Waals surface area contributed by atoms with Crippen LogP contribution in [0.1, 0.15) is 46.5 Å². The highest BCUT2D eigenvalue weighted by Gasteiger charge is 2.24. The summed E-state index contributed by atoms with van der Waals surface area (Å²) in [7, 11) is 0. The van der Waals surface area contributed by atoms with E-state index in [9.17, 15) is 4.79 Å². The average Bonchev–Trinajstić information content (AvgIpc) is 2.15. The molecule has 0 aliphatic heterocycles. The molecule has 0 bridgehead atoms. The number of carbonyl (C=O) groups is 1. The topological polar surface area (TPSA) is 38.3 Å². The average molecular weight is 257 g/mol. The molecule has 0 spiro atoms. The van der Waals surface area contributed by atoms with Crippen LogP contribution < -0.4 is 5.32 Å². The maximum Gasteiger partial charge on any atom is 0.407 e. The molecule has 1 saturated carbocycles. The van der Waals surface area contributed by atoms with Crippen molar-refractivity contribution in [1.29, 1.82) is 0 Å². The van der Waals surface area contributed by atoms with E-state index in [0.29, 0.717) is 5.92 Å². The van der Waals surface area contributed by atoms with Crippen molar-refractivity contribution in [2.75, 3.05) is 0 Å².